The molecule has 1 unspecified atom stereocenters. The average molecular weight is 227 g/mol. The van der Waals surface area contributed by atoms with Gasteiger partial charge in [-0.1, -0.05) is 6.92 Å². The summed E-state index contributed by atoms with van der Waals surface area (Å²) in [6.45, 7) is 9.45. The monoisotopic (exact) mass is 227 g/mol. The summed E-state index contributed by atoms with van der Waals surface area (Å²) in [4.78, 5) is 16.3. The Morgan fingerprint density at radius 2 is 1.94 bits per heavy atom. The lowest BCUT2D eigenvalue weighted by Crippen LogP contribution is -2.45. The van der Waals surface area contributed by atoms with Crippen LogP contribution in [0.5, 0.6) is 0 Å². The van der Waals surface area contributed by atoms with Crippen molar-refractivity contribution >= 4 is 5.91 Å². The summed E-state index contributed by atoms with van der Waals surface area (Å²) >= 11 is 0. The first kappa shape index (κ1) is 13.5. The van der Waals surface area contributed by atoms with Crippen LogP contribution in [0.25, 0.3) is 0 Å². The zero-order chi connectivity index (χ0) is 12.0. The lowest BCUT2D eigenvalue weighted by atomic mass is 10.2. The highest BCUT2D eigenvalue weighted by Crippen LogP contribution is 2.00. The molecule has 0 aliphatic carbocycles. The summed E-state index contributed by atoms with van der Waals surface area (Å²) < 4.78 is 0. The Balaban J connectivity index is 2.12. The summed E-state index contributed by atoms with van der Waals surface area (Å²) in [5, 5.41) is 3.00. The number of rotatable bonds is 5. The van der Waals surface area contributed by atoms with Crippen LogP contribution in [-0.4, -0.2) is 61.5 Å². The highest BCUT2D eigenvalue weighted by atomic mass is 16.1. The van der Waals surface area contributed by atoms with Crippen LogP contribution in [0.4, 0.5) is 0 Å². The molecule has 94 valence electrons. The third kappa shape index (κ3) is 4.94. The fourth-order valence-electron chi connectivity index (χ4n) is 1.78. The topological polar surface area (TPSA) is 35.6 Å². The SMILES string of the molecule is CCC(C)NC(=O)CCN1CCN(C)CC1. The average Bonchev–Trinajstić information content (AvgIpc) is 2.28. The van der Waals surface area contributed by atoms with Crippen molar-refractivity contribution in [2.45, 2.75) is 32.7 Å². The van der Waals surface area contributed by atoms with Crippen LogP contribution in [0, 0.1) is 0 Å². The number of nitrogens with zero attached hydrogens (tertiary/aromatic N) is 2. The van der Waals surface area contributed by atoms with Gasteiger partial charge in [-0.05, 0) is 20.4 Å². The number of likely N-dealkylation sites (N-methyl/N-ethyl adjacent to an activating group) is 1. The molecule has 1 atom stereocenters. The van der Waals surface area contributed by atoms with Crippen LogP contribution in [0.15, 0.2) is 0 Å². The number of amides is 1. The minimum atomic E-state index is 0.188. The van der Waals surface area contributed by atoms with Crippen LogP contribution in [0.1, 0.15) is 26.7 Å². The van der Waals surface area contributed by atoms with E-state index in [2.05, 4.69) is 29.1 Å². The molecule has 4 nitrogen and oxygen atoms in total. The van der Waals surface area contributed by atoms with Crippen molar-refractivity contribution < 1.29 is 4.79 Å². The molecule has 0 aromatic rings. The maximum atomic E-state index is 11.6. The first-order chi connectivity index (χ1) is 7.61. The molecule has 1 saturated heterocycles. The summed E-state index contributed by atoms with van der Waals surface area (Å²) in [5.41, 5.74) is 0. The van der Waals surface area contributed by atoms with Gasteiger partial charge in [-0.25, -0.2) is 0 Å². The molecular weight excluding hydrogens is 202 g/mol. The molecule has 4 heteroatoms. The van der Waals surface area contributed by atoms with Crippen molar-refractivity contribution in [1.82, 2.24) is 15.1 Å². The van der Waals surface area contributed by atoms with E-state index >= 15 is 0 Å². The van der Waals surface area contributed by atoms with Crippen molar-refractivity contribution in [3.05, 3.63) is 0 Å². The maximum absolute atomic E-state index is 11.6. The largest absolute Gasteiger partial charge is 0.354 e. The van der Waals surface area contributed by atoms with Gasteiger partial charge < -0.3 is 15.1 Å². The smallest absolute Gasteiger partial charge is 0.221 e. The minimum Gasteiger partial charge on any atom is -0.354 e. The Labute approximate surface area is 99.0 Å². The van der Waals surface area contributed by atoms with Crippen molar-refractivity contribution in [3.8, 4) is 0 Å². The molecule has 0 radical (unpaired) electrons. The van der Waals surface area contributed by atoms with Gasteiger partial charge in [0.25, 0.3) is 0 Å². The van der Waals surface area contributed by atoms with E-state index in [1.165, 1.54) is 0 Å². The van der Waals surface area contributed by atoms with E-state index in [9.17, 15) is 4.79 Å². The molecule has 0 saturated carbocycles. The van der Waals surface area contributed by atoms with E-state index in [0.29, 0.717) is 12.5 Å². The number of hydrogen-bond donors (Lipinski definition) is 1. The molecule has 1 heterocycles. The molecular formula is C12H25N3O. The van der Waals surface area contributed by atoms with Gasteiger partial charge in [-0.2, -0.15) is 0 Å². The van der Waals surface area contributed by atoms with Crippen molar-refractivity contribution in [2.24, 2.45) is 0 Å². The van der Waals surface area contributed by atoms with Gasteiger partial charge in [0.15, 0.2) is 0 Å². The lowest BCUT2D eigenvalue weighted by molar-refractivity contribution is -0.122. The standard InChI is InChI=1S/C12H25N3O/c1-4-11(2)13-12(16)5-6-15-9-7-14(3)8-10-15/h11H,4-10H2,1-3H3,(H,13,16). The predicted molar refractivity (Wildman–Crippen MR) is 66.4 cm³/mol. The first-order valence-corrected chi connectivity index (χ1v) is 6.32. The maximum Gasteiger partial charge on any atom is 0.221 e. The normalized spacial score (nSPS) is 20.7. The van der Waals surface area contributed by atoms with E-state index in [1.54, 1.807) is 0 Å². The predicted octanol–water partition coefficient (Wildman–Crippen LogP) is 0.539. The Hall–Kier alpha value is -0.610. The van der Waals surface area contributed by atoms with Crippen molar-refractivity contribution in [3.63, 3.8) is 0 Å². The quantitative estimate of drug-likeness (QED) is 0.744. The van der Waals surface area contributed by atoms with E-state index < -0.39 is 0 Å². The Morgan fingerprint density at radius 1 is 1.31 bits per heavy atom. The Bertz CT molecular complexity index is 212. The fourth-order valence-corrected chi connectivity index (χ4v) is 1.78. The van der Waals surface area contributed by atoms with Crippen LogP contribution < -0.4 is 5.32 Å². The summed E-state index contributed by atoms with van der Waals surface area (Å²) in [5.74, 6) is 0.188. The molecule has 1 fully saturated rings. The van der Waals surface area contributed by atoms with E-state index in [4.69, 9.17) is 0 Å². The highest BCUT2D eigenvalue weighted by molar-refractivity contribution is 5.76. The third-order valence-corrected chi connectivity index (χ3v) is 3.27. The van der Waals surface area contributed by atoms with Gasteiger partial charge in [0.1, 0.15) is 0 Å². The van der Waals surface area contributed by atoms with Gasteiger partial charge in [0.2, 0.25) is 5.91 Å². The molecule has 1 aliphatic heterocycles. The van der Waals surface area contributed by atoms with Gasteiger partial charge in [0.05, 0.1) is 0 Å². The van der Waals surface area contributed by atoms with E-state index in [1.807, 2.05) is 6.92 Å². The van der Waals surface area contributed by atoms with Gasteiger partial charge in [-0.3, -0.25) is 4.79 Å². The van der Waals surface area contributed by atoms with Gasteiger partial charge in [-0.15, -0.1) is 0 Å². The number of nitrogens with one attached hydrogen (secondary N) is 1. The molecule has 0 aromatic heterocycles. The van der Waals surface area contributed by atoms with E-state index in [0.717, 1.165) is 39.1 Å². The molecule has 0 bridgehead atoms. The highest BCUT2D eigenvalue weighted by Gasteiger charge is 2.14. The Morgan fingerprint density at radius 3 is 2.50 bits per heavy atom. The van der Waals surface area contributed by atoms with Crippen molar-refractivity contribution in [2.75, 3.05) is 39.8 Å². The fraction of sp³-hybridized carbons (Fsp3) is 0.917. The summed E-state index contributed by atoms with van der Waals surface area (Å²) in [6.07, 6.45) is 1.63. The molecule has 0 aromatic carbocycles. The number of carbonyl (C=O) groups excluding carboxylic acids is 1. The second-order valence-corrected chi connectivity index (χ2v) is 4.77. The summed E-state index contributed by atoms with van der Waals surface area (Å²) in [7, 11) is 2.15. The van der Waals surface area contributed by atoms with Gasteiger partial charge >= 0.3 is 0 Å². The molecule has 1 amide bonds. The molecule has 16 heavy (non-hydrogen) atoms. The molecule has 1 N–H and O–H groups in total. The zero-order valence-electron chi connectivity index (χ0n) is 10.8. The van der Waals surface area contributed by atoms with Crippen LogP contribution in [0.3, 0.4) is 0 Å². The molecule has 1 aliphatic rings. The second-order valence-electron chi connectivity index (χ2n) is 4.77. The summed E-state index contributed by atoms with van der Waals surface area (Å²) in [6, 6.07) is 0.306. The van der Waals surface area contributed by atoms with Crippen LogP contribution in [-0.2, 0) is 4.79 Å². The van der Waals surface area contributed by atoms with Crippen LogP contribution in [0.2, 0.25) is 0 Å². The third-order valence-electron chi connectivity index (χ3n) is 3.27. The zero-order valence-corrected chi connectivity index (χ0v) is 10.8. The molecule has 0 spiro atoms. The van der Waals surface area contributed by atoms with Gasteiger partial charge in [0, 0.05) is 45.2 Å². The van der Waals surface area contributed by atoms with E-state index in [-0.39, 0.29) is 5.91 Å². The molecule has 1 rings (SSSR count). The second kappa shape index (κ2) is 6.86. The minimum absolute atomic E-state index is 0.188. The number of hydrogen-bond acceptors (Lipinski definition) is 3. The Kier molecular flexibility index (Phi) is 5.77. The number of piperazine rings is 1. The lowest BCUT2D eigenvalue weighted by Gasteiger charge is -2.32. The van der Waals surface area contributed by atoms with Crippen LogP contribution >= 0.6 is 0 Å². The van der Waals surface area contributed by atoms with Crippen molar-refractivity contribution in [1.29, 1.82) is 0 Å². The first-order valence-electron chi connectivity index (χ1n) is 6.32. The number of carbonyl (C=O) groups is 1.